The molecule has 19 heteroatoms. The van der Waals surface area contributed by atoms with Gasteiger partial charge in [0.1, 0.15) is 34.6 Å². The Morgan fingerprint density at radius 3 is 2.12 bits per heavy atom. The van der Waals surface area contributed by atoms with E-state index in [9.17, 15) is 4.79 Å². The summed E-state index contributed by atoms with van der Waals surface area (Å²) in [5.41, 5.74) is 8.21. The lowest BCUT2D eigenvalue weighted by Crippen LogP contribution is -2.85. The van der Waals surface area contributed by atoms with E-state index in [1.165, 1.54) is 30.3 Å². The number of esters is 1. The molecule has 0 spiro atoms. The molecule has 0 bridgehead atoms. The van der Waals surface area contributed by atoms with Crippen LogP contribution in [0.3, 0.4) is 0 Å². The molecule has 1 atom stereocenters. The van der Waals surface area contributed by atoms with Crippen LogP contribution in [0.1, 0.15) is 76.8 Å². The Morgan fingerprint density at radius 1 is 0.757 bits per heavy atom. The third kappa shape index (κ3) is 12.0. The minimum Gasteiger partial charge on any atom is -0.465 e. The number of benzene rings is 4. The molecular formula is C55H65N14O5+. The molecule has 1 aliphatic rings. The fraction of sp³-hybridized carbons (Fsp3) is 0.382. The Kier molecular flexibility index (Phi) is 16.3. The molecule has 1 aliphatic heterocycles. The summed E-state index contributed by atoms with van der Waals surface area (Å²) < 4.78 is 15.9. The number of nitrogens with zero attached hydrogens (tertiary/aromatic N) is 9. The smallest absolute Gasteiger partial charge is 0.337 e. The predicted molar refractivity (Wildman–Crippen MR) is 285 cm³/mol. The number of quaternary nitrogens is 1. The van der Waals surface area contributed by atoms with Crippen LogP contribution in [0.15, 0.2) is 91.0 Å². The Hall–Kier alpha value is -7.42. The highest BCUT2D eigenvalue weighted by Crippen LogP contribution is 2.35. The molecule has 74 heavy (non-hydrogen) atoms. The Labute approximate surface area is 428 Å². The van der Waals surface area contributed by atoms with Crippen molar-refractivity contribution in [2.75, 3.05) is 90.0 Å². The van der Waals surface area contributed by atoms with E-state index in [4.69, 9.17) is 39.3 Å². The molecular weight excluding hydrogens is 937 g/mol. The number of aromatic amines is 2. The van der Waals surface area contributed by atoms with E-state index in [0.717, 1.165) is 131 Å². The number of hydrogen-bond donors (Lipinski definition) is 6. The van der Waals surface area contributed by atoms with Crippen molar-refractivity contribution in [1.82, 2.24) is 55.0 Å². The van der Waals surface area contributed by atoms with Crippen molar-refractivity contribution < 1.29 is 29.4 Å². The van der Waals surface area contributed by atoms with Crippen LogP contribution in [0.5, 0.6) is 0 Å². The number of H-pyrrole nitrogens is 2. The minimum atomic E-state index is -0.391. The van der Waals surface area contributed by atoms with E-state index in [2.05, 4.69) is 94.8 Å². The van der Waals surface area contributed by atoms with E-state index in [1.54, 1.807) is 13.1 Å². The Bertz CT molecular complexity index is 3300. The van der Waals surface area contributed by atoms with Crippen LogP contribution < -0.4 is 16.0 Å². The SMILES string of the molecule is COC(=O)c1ccc2c(c1)[nH]c1nc(Cc3ccc(C4CCCCN4CCCNc4nc(Cc5ccccc5)nc5[nH]c6cc(-c7nnn(C)n7)ccc6c45)cc3)nc(NCCC[NH2+]CCOCCOCCO)c12. The summed E-state index contributed by atoms with van der Waals surface area (Å²) in [5.74, 6) is 3.23. The van der Waals surface area contributed by atoms with Gasteiger partial charge in [-0.1, -0.05) is 79.2 Å². The number of likely N-dealkylation sites (tertiary alicyclic amines) is 1. The second-order valence-electron chi connectivity index (χ2n) is 18.8. The van der Waals surface area contributed by atoms with Gasteiger partial charge in [-0.3, -0.25) is 4.90 Å². The highest BCUT2D eigenvalue weighted by atomic mass is 16.5. The average Bonchev–Trinajstić information content (AvgIpc) is 4.15. The zero-order valence-corrected chi connectivity index (χ0v) is 42.1. The third-order valence-electron chi connectivity index (χ3n) is 13.6. The van der Waals surface area contributed by atoms with Crippen LogP contribution in [0.4, 0.5) is 11.6 Å². The van der Waals surface area contributed by atoms with Crippen molar-refractivity contribution in [3.8, 4) is 11.4 Å². The molecule has 10 rings (SSSR count). The summed E-state index contributed by atoms with van der Waals surface area (Å²) in [6.07, 6.45) is 6.55. The number of nitrogens with one attached hydrogen (secondary N) is 4. The van der Waals surface area contributed by atoms with Gasteiger partial charge in [-0.05, 0) is 65.9 Å². The summed E-state index contributed by atoms with van der Waals surface area (Å²) in [5, 5.41) is 35.0. The maximum absolute atomic E-state index is 12.4. The molecule has 4 aromatic carbocycles. The number of aromatic nitrogens is 10. The van der Waals surface area contributed by atoms with Crippen molar-refractivity contribution in [3.63, 3.8) is 0 Å². The van der Waals surface area contributed by atoms with Gasteiger partial charge in [-0.2, -0.15) is 4.80 Å². The number of aryl methyl sites for hydroxylation is 1. The largest absolute Gasteiger partial charge is 0.465 e. The number of ether oxygens (including phenoxy) is 3. The van der Waals surface area contributed by atoms with E-state index >= 15 is 0 Å². The Morgan fingerprint density at radius 2 is 1.43 bits per heavy atom. The molecule has 9 aromatic rings. The molecule has 384 valence electrons. The number of carbonyl (C=O) groups is 1. The van der Waals surface area contributed by atoms with Crippen LogP contribution in [-0.2, 0) is 34.1 Å². The molecule has 0 radical (unpaired) electrons. The highest BCUT2D eigenvalue weighted by Gasteiger charge is 2.24. The van der Waals surface area contributed by atoms with Crippen molar-refractivity contribution in [3.05, 3.63) is 125 Å². The number of aliphatic hydroxyl groups is 1. The summed E-state index contributed by atoms with van der Waals surface area (Å²) in [7, 11) is 3.15. The van der Waals surface area contributed by atoms with Crippen LogP contribution >= 0.6 is 0 Å². The third-order valence-corrected chi connectivity index (χ3v) is 13.6. The number of nitrogens with two attached hydrogens (primary N) is 1. The number of anilines is 2. The molecule has 0 aliphatic carbocycles. The average molecular weight is 1000 g/mol. The fourth-order valence-corrected chi connectivity index (χ4v) is 9.98. The first-order valence-corrected chi connectivity index (χ1v) is 25.8. The van der Waals surface area contributed by atoms with E-state index < -0.39 is 5.97 Å². The van der Waals surface area contributed by atoms with E-state index in [0.29, 0.717) is 68.2 Å². The molecule has 0 saturated carbocycles. The predicted octanol–water partition coefficient (Wildman–Crippen LogP) is 6.11. The minimum absolute atomic E-state index is 0.0198. The van der Waals surface area contributed by atoms with Crippen LogP contribution in [0.2, 0.25) is 0 Å². The van der Waals surface area contributed by atoms with Crippen molar-refractivity contribution >= 4 is 61.5 Å². The lowest BCUT2D eigenvalue weighted by Gasteiger charge is -2.36. The van der Waals surface area contributed by atoms with Crippen LogP contribution in [0, 0.1) is 0 Å². The van der Waals surface area contributed by atoms with Gasteiger partial charge in [0.05, 0.1) is 76.6 Å². The normalized spacial score (nSPS) is 14.2. The summed E-state index contributed by atoms with van der Waals surface area (Å²) in [6.45, 7) is 7.27. The van der Waals surface area contributed by atoms with Gasteiger partial charge in [-0.15, -0.1) is 10.2 Å². The molecule has 7 N–H and O–H groups in total. The maximum Gasteiger partial charge on any atom is 0.337 e. The first kappa shape index (κ1) is 50.1. The van der Waals surface area contributed by atoms with Crippen molar-refractivity contribution in [1.29, 1.82) is 0 Å². The topological polar surface area (TPSA) is 236 Å². The quantitative estimate of drug-likeness (QED) is 0.0280. The molecule has 1 fully saturated rings. The van der Waals surface area contributed by atoms with Gasteiger partial charge in [0.2, 0.25) is 5.82 Å². The number of rotatable bonds is 25. The van der Waals surface area contributed by atoms with Crippen molar-refractivity contribution in [2.45, 2.75) is 51.0 Å². The maximum atomic E-state index is 12.4. The van der Waals surface area contributed by atoms with Gasteiger partial charge in [0.15, 0.2) is 0 Å². The zero-order valence-electron chi connectivity index (χ0n) is 42.1. The van der Waals surface area contributed by atoms with Gasteiger partial charge in [0, 0.05) is 72.3 Å². The number of piperidine rings is 1. The number of tetrazole rings is 1. The number of fused-ring (bicyclic) bond motifs is 6. The van der Waals surface area contributed by atoms with Crippen LogP contribution in [-0.4, -0.2) is 145 Å². The first-order chi connectivity index (χ1) is 36.4. The molecule has 6 heterocycles. The van der Waals surface area contributed by atoms with E-state index in [-0.39, 0.29) is 6.61 Å². The second kappa shape index (κ2) is 24.1. The lowest BCUT2D eigenvalue weighted by molar-refractivity contribution is -0.656. The van der Waals surface area contributed by atoms with Gasteiger partial charge in [0.25, 0.3) is 0 Å². The summed E-state index contributed by atoms with van der Waals surface area (Å²) in [4.78, 5) is 43.9. The van der Waals surface area contributed by atoms with E-state index in [1.807, 2.05) is 36.4 Å². The first-order valence-electron chi connectivity index (χ1n) is 25.8. The Balaban J connectivity index is 0.797. The number of aliphatic hydroxyl groups excluding tert-OH is 1. The van der Waals surface area contributed by atoms with Crippen molar-refractivity contribution in [2.24, 2.45) is 7.05 Å². The molecule has 19 nitrogen and oxygen atoms in total. The molecule has 0 amide bonds. The number of methoxy groups -OCH3 is 1. The summed E-state index contributed by atoms with van der Waals surface area (Å²) in [6, 6.07) is 31.4. The van der Waals surface area contributed by atoms with Gasteiger partial charge in [-0.25, -0.2) is 24.7 Å². The van der Waals surface area contributed by atoms with Crippen LogP contribution in [0.25, 0.3) is 55.3 Å². The zero-order chi connectivity index (χ0) is 50.6. The lowest BCUT2D eigenvalue weighted by atomic mass is 9.94. The standard InChI is InChI=1S/C55H64N14O5/c1-68-66-50(65-67-68)39-17-19-41-43(34-39)59-53-48(41)52(61-46(63-53)32-36-10-4-3-5-11-36)58-23-9-26-69-25-7-6-12-45(69)38-15-13-37(14-16-38)33-47-62-51(57-22-8-21-56-24-28-73-30-31-74-29-27-70)49-42-20-18-40(55(71)72-2)35-44(42)60-54(49)64-47/h3-5,10-11,13-20,34-35,45,56,70H,6-9,12,21-33H2,1-2H3,(H2,57,60,62,64)(H2,58,59,61,63)/p+1. The number of hydrogen-bond acceptors (Lipinski definition) is 15. The van der Waals surface area contributed by atoms with Gasteiger partial charge < -0.3 is 45.2 Å². The summed E-state index contributed by atoms with van der Waals surface area (Å²) >= 11 is 0. The van der Waals surface area contributed by atoms with Gasteiger partial charge >= 0.3 is 5.97 Å². The highest BCUT2D eigenvalue weighted by molar-refractivity contribution is 6.13. The molecule has 1 saturated heterocycles. The molecule has 5 aromatic heterocycles. The number of carbonyl (C=O) groups excluding carboxylic acids is 1. The monoisotopic (exact) mass is 1000 g/mol. The fourth-order valence-electron chi connectivity index (χ4n) is 9.98. The second-order valence-corrected chi connectivity index (χ2v) is 18.8. The molecule has 1 unspecified atom stereocenters.